The Balaban J connectivity index is 1.87. The normalized spacial score (nSPS) is 12.9. The molecular weight excluding hydrogens is 399 g/mol. The number of fused-ring (bicyclic) bond motifs is 1. The van der Waals surface area contributed by atoms with E-state index in [-0.39, 0.29) is 29.4 Å². The molecule has 1 unspecified atom stereocenters. The van der Waals surface area contributed by atoms with Crippen LogP contribution < -0.4 is 10.1 Å². The first-order valence-corrected chi connectivity index (χ1v) is 9.36. The molecule has 0 saturated carbocycles. The zero-order valence-corrected chi connectivity index (χ0v) is 17.0. The predicted molar refractivity (Wildman–Crippen MR) is 104 cm³/mol. The predicted octanol–water partition coefficient (Wildman–Crippen LogP) is 3.82. The van der Waals surface area contributed by atoms with E-state index in [1.807, 2.05) is 20.8 Å². The Morgan fingerprint density at radius 3 is 2.63 bits per heavy atom. The van der Waals surface area contributed by atoms with E-state index in [1.165, 1.54) is 12.4 Å². The maximum atomic E-state index is 12.4. The molecule has 160 valence electrons. The van der Waals surface area contributed by atoms with Gasteiger partial charge in [-0.05, 0) is 45.4 Å². The summed E-state index contributed by atoms with van der Waals surface area (Å²) in [6.07, 6.45) is 0.0996. The first-order valence-electron chi connectivity index (χ1n) is 9.36. The van der Waals surface area contributed by atoms with Crippen LogP contribution in [-0.4, -0.2) is 44.5 Å². The van der Waals surface area contributed by atoms with E-state index in [9.17, 15) is 18.0 Å². The Hall–Kier alpha value is -3.17. The van der Waals surface area contributed by atoms with Gasteiger partial charge in [-0.1, -0.05) is 0 Å². The van der Waals surface area contributed by atoms with Gasteiger partial charge in [0.25, 0.3) is 5.91 Å². The lowest BCUT2D eigenvalue weighted by Gasteiger charge is -2.15. The van der Waals surface area contributed by atoms with Gasteiger partial charge in [-0.2, -0.15) is 18.3 Å². The van der Waals surface area contributed by atoms with Gasteiger partial charge in [-0.15, -0.1) is 0 Å². The molecule has 1 N–H and O–H groups in total. The molecule has 1 amide bonds. The molecule has 3 rings (SSSR count). The van der Waals surface area contributed by atoms with Gasteiger partial charge in [0.2, 0.25) is 0 Å². The van der Waals surface area contributed by atoms with Crippen molar-refractivity contribution in [1.29, 1.82) is 0 Å². The number of hydrogen-bond donors (Lipinski definition) is 1. The van der Waals surface area contributed by atoms with Gasteiger partial charge in [0.1, 0.15) is 11.4 Å². The first-order chi connectivity index (χ1) is 14.0. The van der Waals surface area contributed by atoms with Crippen molar-refractivity contribution in [3.05, 3.63) is 47.7 Å². The second-order valence-electron chi connectivity index (χ2n) is 7.28. The van der Waals surface area contributed by atoms with Crippen LogP contribution in [0.1, 0.15) is 48.6 Å². The van der Waals surface area contributed by atoms with Crippen LogP contribution in [0.3, 0.4) is 0 Å². The van der Waals surface area contributed by atoms with Gasteiger partial charge >= 0.3 is 6.18 Å². The number of pyridine rings is 2. The number of alkyl halides is 3. The molecule has 3 aromatic rings. The lowest BCUT2D eigenvalue weighted by Crippen LogP contribution is -2.30. The van der Waals surface area contributed by atoms with Crippen molar-refractivity contribution in [1.82, 2.24) is 25.1 Å². The lowest BCUT2D eigenvalue weighted by atomic mass is 10.1. The van der Waals surface area contributed by atoms with Crippen LogP contribution in [0.5, 0.6) is 5.75 Å². The monoisotopic (exact) mass is 421 g/mol. The third kappa shape index (κ3) is 4.87. The van der Waals surface area contributed by atoms with Crippen molar-refractivity contribution in [2.24, 2.45) is 0 Å². The molecular formula is C20H22F3N5O2. The van der Waals surface area contributed by atoms with Crippen LogP contribution in [0.25, 0.3) is 10.9 Å². The Bertz CT molecular complexity index is 1060. The molecule has 0 aromatic carbocycles. The molecule has 0 aliphatic rings. The van der Waals surface area contributed by atoms with Gasteiger partial charge in [0.15, 0.2) is 6.61 Å². The minimum atomic E-state index is -4.42. The molecule has 1 atom stereocenters. The summed E-state index contributed by atoms with van der Waals surface area (Å²) < 4.78 is 43.6. The van der Waals surface area contributed by atoms with Crippen LogP contribution in [-0.2, 0) is 0 Å². The summed E-state index contributed by atoms with van der Waals surface area (Å²) in [5.74, 6) is -0.214. The van der Waals surface area contributed by atoms with Gasteiger partial charge in [-0.25, -0.2) is 0 Å². The Labute approximate surface area is 171 Å². The van der Waals surface area contributed by atoms with Crippen molar-refractivity contribution >= 4 is 16.8 Å². The summed E-state index contributed by atoms with van der Waals surface area (Å²) in [6, 6.07) is 3.01. The molecule has 0 aliphatic carbocycles. The van der Waals surface area contributed by atoms with Gasteiger partial charge in [0, 0.05) is 18.4 Å². The van der Waals surface area contributed by atoms with Crippen molar-refractivity contribution in [2.75, 3.05) is 6.61 Å². The van der Waals surface area contributed by atoms with Crippen LogP contribution in [0, 0.1) is 6.92 Å². The largest absolute Gasteiger partial charge is 0.482 e. The number of ether oxygens (including phenoxy) is 1. The highest BCUT2D eigenvalue weighted by atomic mass is 19.4. The molecule has 3 heterocycles. The summed E-state index contributed by atoms with van der Waals surface area (Å²) in [5.41, 5.74) is 2.01. The van der Waals surface area contributed by atoms with Gasteiger partial charge < -0.3 is 10.1 Å². The number of carbonyl (C=O) groups excluding carboxylic acids is 1. The van der Waals surface area contributed by atoms with E-state index in [2.05, 4.69) is 20.4 Å². The van der Waals surface area contributed by atoms with Crippen molar-refractivity contribution in [2.45, 2.75) is 46.0 Å². The number of aromatic nitrogens is 4. The quantitative estimate of drug-likeness (QED) is 0.654. The molecule has 10 heteroatoms. The number of carbonyl (C=O) groups is 1. The second-order valence-corrected chi connectivity index (χ2v) is 7.28. The van der Waals surface area contributed by atoms with Crippen LogP contribution in [0.4, 0.5) is 13.2 Å². The van der Waals surface area contributed by atoms with Crippen LogP contribution in [0.2, 0.25) is 0 Å². The fraction of sp³-hybridized carbons (Fsp3) is 0.400. The van der Waals surface area contributed by atoms with E-state index < -0.39 is 12.8 Å². The molecule has 30 heavy (non-hydrogen) atoms. The molecule has 7 nitrogen and oxygen atoms in total. The van der Waals surface area contributed by atoms with E-state index in [0.717, 1.165) is 0 Å². The maximum absolute atomic E-state index is 12.4. The molecule has 0 radical (unpaired) electrons. The second kappa shape index (κ2) is 8.29. The van der Waals surface area contributed by atoms with E-state index in [1.54, 1.807) is 29.9 Å². The summed E-state index contributed by atoms with van der Waals surface area (Å²) in [5, 5.41) is 7.92. The number of aryl methyl sites for hydroxylation is 1. The molecule has 0 aliphatic heterocycles. The SMILES string of the molecule is Cc1cc(C(C)n2cc3c(C(=O)NC(C)C)nccc3n2)ncc1OCC(F)(F)F. The standard InChI is InChI=1S/C20H22F3N5O2/c1-11(2)26-19(29)18-14-9-28(27-15(14)5-6-24-18)13(4)16-7-12(3)17(8-25-16)30-10-20(21,22)23/h5-9,11,13H,10H2,1-4H3,(H,26,29). The highest BCUT2D eigenvalue weighted by Crippen LogP contribution is 2.26. The zero-order valence-electron chi connectivity index (χ0n) is 17.0. The van der Waals surface area contributed by atoms with E-state index >= 15 is 0 Å². The summed E-state index contributed by atoms with van der Waals surface area (Å²) >= 11 is 0. The van der Waals surface area contributed by atoms with Crippen molar-refractivity contribution in [3.63, 3.8) is 0 Å². The number of nitrogens with zero attached hydrogens (tertiary/aromatic N) is 4. The lowest BCUT2D eigenvalue weighted by molar-refractivity contribution is -0.153. The van der Waals surface area contributed by atoms with E-state index in [0.29, 0.717) is 22.2 Å². The highest BCUT2D eigenvalue weighted by molar-refractivity contribution is 6.04. The van der Waals surface area contributed by atoms with Crippen LogP contribution >= 0.6 is 0 Å². The summed E-state index contributed by atoms with van der Waals surface area (Å²) in [4.78, 5) is 20.8. The third-order valence-corrected chi connectivity index (χ3v) is 4.39. The molecule has 0 bridgehead atoms. The fourth-order valence-corrected chi connectivity index (χ4v) is 2.91. The molecule has 0 fully saturated rings. The van der Waals surface area contributed by atoms with E-state index in [4.69, 9.17) is 4.74 Å². The first kappa shape index (κ1) is 21.5. The highest BCUT2D eigenvalue weighted by Gasteiger charge is 2.29. The topological polar surface area (TPSA) is 81.9 Å². The molecule has 3 aromatic heterocycles. The Morgan fingerprint density at radius 1 is 1.27 bits per heavy atom. The molecule has 0 saturated heterocycles. The van der Waals surface area contributed by atoms with Crippen molar-refractivity contribution in [3.8, 4) is 5.75 Å². The number of hydrogen-bond acceptors (Lipinski definition) is 5. The maximum Gasteiger partial charge on any atom is 0.422 e. The fourth-order valence-electron chi connectivity index (χ4n) is 2.91. The van der Waals surface area contributed by atoms with Crippen molar-refractivity contribution < 1.29 is 22.7 Å². The van der Waals surface area contributed by atoms with Gasteiger partial charge in [-0.3, -0.25) is 19.4 Å². The smallest absolute Gasteiger partial charge is 0.422 e. The zero-order chi connectivity index (χ0) is 22.1. The minimum absolute atomic E-state index is 0.0335. The van der Waals surface area contributed by atoms with Crippen LogP contribution in [0.15, 0.2) is 30.7 Å². The summed E-state index contributed by atoms with van der Waals surface area (Å²) in [6.45, 7) is 5.86. The average Bonchev–Trinajstić information content (AvgIpc) is 3.09. The average molecular weight is 421 g/mol. The number of nitrogens with one attached hydrogen (secondary N) is 1. The number of amides is 1. The number of halogens is 3. The minimum Gasteiger partial charge on any atom is -0.482 e. The third-order valence-electron chi connectivity index (χ3n) is 4.39. The Morgan fingerprint density at radius 2 is 2.00 bits per heavy atom. The number of rotatable bonds is 6. The van der Waals surface area contributed by atoms with Gasteiger partial charge in [0.05, 0.1) is 28.8 Å². The molecule has 0 spiro atoms. The summed E-state index contributed by atoms with van der Waals surface area (Å²) in [7, 11) is 0. The Kier molecular flexibility index (Phi) is 5.95.